The predicted octanol–water partition coefficient (Wildman–Crippen LogP) is 5.07. The van der Waals surface area contributed by atoms with Crippen molar-refractivity contribution >= 4 is 44.8 Å². The molecular formula is C13H11BrCl2N2. The Morgan fingerprint density at radius 1 is 1.28 bits per heavy atom. The number of aromatic nitrogens is 1. The molecule has 1 heterocycles. The number of benzene rings is 1. The Balaban J connectivity index is 2.13. The Morgan fingerprint density at radius 3 is 2.78 bits per heavy atom. The Bertz CT molecular complexity index is 573. The zero-order valence-corrected chi connectivity index (χ0v) is 12.8. The van der Waals surface area contributed by atoms with Gasteiger partial charge in [-0.2, -0.15) is 0 Å². The molecule has 0 aliphatic carbocycles. The summed E-state index contributed by atoms with van der Waals surface area (Å²) in [6.45, 7) is 2.58. The first kappa shape index (κ1) is 13.7. The number of pyridine rings is 1. The van der Waals surface area contributed by atoms with Crippen molar-refractivity contribution in [3.63, 3.8) is 0 Å². The largest absolute Gasteiger partial charge is 0.378 e. The van der Waals surface area contributed by atoms with Crippen molar-refractivity contribution in [2.75, 3.05) is 5.32 Å². The molecule has 18 heavy (non-hydrogen) atoms. The highest BCUT2D eigenvalue weighted by atomic mass is 79.9. The van der Waals surface area contributed by atoms with E-state index >= 15 is 0 Å². The molecule has 0 aliphatic heterocycles. The zero-order chi connectivity index (χ0) is 13.1. The van der Waals surface area contributed by atoms with Crippen molar-refractivity contribution in [1.82, 2.24) is 4.98 Å². The highest BCUT2D eigenvalue weighted by Gasteiger charge is 2.04. The summed E-state index contributed by atoms with van der Waals surface area (Å²) in [4.78, 5) is 4.09. The molecule has 0 amide bonds. The van der Waals surface area contributed by atoms with Gasteiger partial charge in [0.1, 0.15) is 0 Å². The maximum Gasteiger partial charge on any atom is 0.152 e. The Hall–Kier alpha value is -0.770. The topological polar surface area (TPSA) is 24.9 Å². The number of hydrogen-bond donors (Lipinski definition) is 1. The van der Waals surface area contributed by atoms with Gasteiger partial charge in [-0.05, 0) is 36.2 Å². The van der Waals surface area contributed by atoms with Crippen molar-refractivity contribution in [2.45, 2.75) is 13.5 Å². The maximum absolute atomic E-state index is 6.15. The first-order valence-electron chi connectivity index (χ1n) is 5.36. The highest BCUT2D eigenvalue weighted by Crippen LogP contribution is 2.24. The van der Waals surface area contributed by atoms with Crippen LogP contribution in [0.1, 0.15) is 11.1 Å². The molecule has 2 aromatic rings. The molecule has 1 aromatic carbocycles. The van der Waals surface area contributed by atoms with Gasteiger partial charge < -0.3 is 5.32 Å². The van der Waals surface area contributed by atoms with Crippen LogP contribution in [-0.2, 0) is 6.54 Å². The molecule has 1 N–H and O–H groups in total. The maximum atomic E-state index is 6.15. The number of halogens is 3. The van der Waals surface area contributed by atoms with Crippen LogP contribution in [-0.4, -0.2) is 4.98 Å². The second kappa shape index (κ2) is 5.91. The first-order chi connectivity index (χ1) is 8.56. The minimum atomic E-state index is 0.467. The molecule has 0 aliphatic rings. The summed E-state index contributed by atoms with van der Waals surface area (Å²) >= 11 is 15.5. The van der Waals surface area contributed by atoms with Crippen molar-refractivity contribution in [3.05, 3.63) is 56.2 Å². The second-order valence-electron chi connectivity index (χ2n) is 3.94. The average Bonchev–Trinajstić information content (AvgIpc) is 2.32. The van der Waals surface area contributed by atoms with Gasteiger partial charge >= 0.3 is 0 Å². The molecule has 1 aromatic heterocycles. The van der Waals surface area contributed by atoms with E-state index in [-0.39, 0.29) is 0 Å². The van der Waals surface area contributed by atoms with Crippen LogP contribution in [0, 0.1) is 6.92 Å². The predicted molar refractivity (Wildman–Crippen MR) is 80.5 cm³/mol. The summed E-state index contributed by atoms with van der Waals surface area (Å²) in [5.74, 6) is 0. The van der Waals surface area contributed by atoms with Crippen molar-refractivity contribution < 1.29 is 0 Å². The molecule has 94 valence electrons. The fourth-order valence-corrected chi connectivity index (χ4v) is 2.44. The zero-order valence-electron chi connectivity index (χ0n) is 9.67. The molecular weight excluding hydrogens is 335 g/mol. The van der Waals surface area contributed by atoms with E-state index in [2.05, 4.69) is 26.2 Å². The van der Waals surface area contributed by atoms with Gasteiger partial charge in [-0.3, -0.25) is 0 Å². The molecule has 0 unspecified atom stereocenters. The minimum Gasteiger partial charge on any atom is -0.378 e. The highest BCUT2D eigenvalue weighted by molar-refractivity contribution is 9.10. The lowest BCUT2D eigenvalue weighted by Gasteiger charge is -2.10. The van der Waals surface area contributed by atoms with Crippen LogP contribution in [0.2, 0.25) is 10.2 Å². The number of anilines is 1. The van der Waals surface area contributed by atoms with Gasteiger partial charge in [0.15, 0.2) is 5.15 Å². The molecule has 2 nitrogen and oxygen atoms in total. The molecule has 0 atom stereocenters. The quantitative estimate of drug-likeness (QED) is 0.785. The Labute approximate surface area is 124 Å². The van der Waals surface area contributed by atoms with Crippen LogP contribution in [0.4, 0.5) is 5.69 Å². The molecule has 0 spiro atoms. The third kappa shape index (κ3) is 3.37. The summed E-state index contributed by atoms with van der Waals surface area (Å²) in [5.41, 5.74) is 2.89. The van der Waals surface area contributed by atoms with E-state index in [1.54, 1.807) is 6.20 Å². The van der Waals surface area contributed by atoms with Crippen LogP contribution in [0.5, 0.6) is 0 Å². The van der Waals surface area contributed by atoms with Gasteiger partial charge in [0.05, 0.1) is 5.69 Å². The second-order valence-corrected chi connectivity index (χ2v) is 5.62. The average molecular weight is 346 g/mol. The molecule has 0 bridgehead atoms. The van der Waals surface area contributed by atoms with Gasteiger partial charge in [-0.15, -0.1) is 0 Å². The number of rotatable bonds is 3. The number of hydrogen-bond acceptors (Lipinski definition) is 2. The van der Waals surface area contributed by atoms with Crippen molar-refractivity contribution in [2.24, 2.45) is 0 Å². The summed E-state index contributed by atoms with van der Waals surface area (Å²) < 4.78 is 0.964. The normalized spacial score (nSPS) is 10.4. The van der Waals surface area contributed by atoms with Gasteiger partial charge in [-0.1, -0.05) is 45.2 Å². The van der Waals surface area contributed by atoms with E-state index in [1.165, 1.54) is 0 Å². The summed E-state index contributed by atoms with van der Waals surface area (Å²) in [6.07, 6.45) is 1.74. The fourth-order valence-electron chi connectivity index (χ4n) is 1.53. The molecule has 5 heteroatoms. The molecule has 0 fully saturated rings. The van der Waals surface area contributed by atoms with Crippen LogP contribution in [0.15, 0.2) is 34.9 Å². The van der Waals surface area contributed by atoms with Crippen LogP contribution < -0.4 is 5.32 Å². The standard InChI is InChI=1S/C13H11BrCl2N2/c1-8-4-12(13(16)18-6-8)17-7-9-2-3-10(14)5-11(9)15/h2-6,17H,7H2,1H3. The molecule has 0 saturated carbocycles. The molecule has 0 saturated heterocycles. The lowest BCUT2D eigenvalue weighted by molar-refractivity contribution is 1.13. The van der Waals surface area contributed by atoms with E-state index in [9.17, 15) is 0 Å². The van der Waals surface area contributed by atoms with Crippen LogP contribution in [0.3, 0.4) is 0 Å². The lowest BCUT2D eigenvalue weighted by Crippen LogP contribution is -2.01. The SMILES string of the molecule is Cc1cnc(Cl)c(NCc2ccc(Br)cc2Cl)c1. The molecule has 2 rings (SSSR count). The Morgan fingerprint density at radius 2 is 2.06 bits per heavy atom. The summed E-state index contributed by atoms with van der Waals surface area (Å²) in [7, 11) is 0. The minimum absolute atomic E-state index is 0.467. The van der Waals surface area contributed by atoms with E-state index < -0.39 is 0 Å². The van der Waals surface area contributed by atoms with Gasteiger partial charge in [0.25, 0.3) is 0 Å². The summed E-state index contributed by atoms with van der Waals surface area (Å²) in [5, 5.41) is 4.42. The monoisotopic (exact) mass is 344 g/mol. The van der Waals surface area contributed by atoms with Gasteiger partial charge in [0, 0.05) is 22.2 Å². The van der Waals surface area contributed by atoms with E-state index in [1.807, 2.05) is 31.2 Å². The Kier molecular flexibility index (Phi) is 4.49. The number of nitrogens with one attached hydrogen (secondary N) is 1. The van der Waals surface area contributed by atoms with E-state index in [4.69, 9.17) is 23.2 Å². The number of aryl methyl sites for hydroxylation is 1. The smallest absolute Gasteiger partial charge is 0.152 e. The third-order valence-electron chi connectivity index (χ3n) is 2.46. The lowest BCUT2D eigenvalue weighted by atomic mass is 10.2. The van der Waals surface area contributed by atoms with E-state index in [0.29, 0.717) is 16.7 Å². The van der Waals surface area contributed by atoms with Crippen LogP contribution >= 0.6 is 39.1 Å². The van der Waals surface area contributed by atoms with Crippen LogP contribution in [0.25, 0.3) is 0 Å². The first-order valence-corrected chi connectivity index (χ1v) is 6.91. The molecule has 0 radical (unpaired) electrons. The van der Waals surface area contributed by atoms with Gasteiger partial charge in [0.2, 0.25) is 0 Å². The van der Waals surface area contributed by atoms with E-state index in [0.717, 1.165) is 21.3 Å². The number of nitrogens with zero attached hydrogens (tertiary/aromatic N) is 1. The summed E-state index contributed by atoms with van der Waals surface area (Å²) in [6, 6.07) is 7.76. The van der Waals surface area contributed by atoms with Gasteiger partial charge in [-0.25, -0.2) is 4.98 Å². The van der Waals surface area contributed by atoms with Crippen molar-refractivity contribution in [3.8, 4) is 0 Å². The van der Waals surface area contributed by atoms with Crippen molar-refractivity contribution in [1.29, 1.82) is 0 Å². The fraction of sp³-hybridized carbons (Fsp3) is 0.154. The third-order valence-corrected chi connectivity index (χ3v) is 3.61.